The van der Waals surface area contributed by atoms with E-state index >= 15 is 0 Å². The van der Waals surface area contributed by atoms with E-state index in [4.69, 9.17) is 0 Å². The average molecular weight is 498 g/mol. The Balaban J connectivity index is 1.93. The number of esters is 1. The Kier molecular flexibility index (Phi) is 6.69. The molecule has 7 nitrogen and oxygen atoms in total. The number of rotatable bonds is 5. The van der Waals surface area contributed by atoms with E-state index in [2.05, 4.69) is 47.3 Å². The minimum absolute atomic E-state index is 0.0264. The third-order valence-electron chi connectivity index (χ3n) is 5.02. The lowest BCUT2D eigenvalue weighted by Gasteiger charge is -2.19. The fourth-order valence-electron chi connectivity index (χ4n) is 3.40. The Morgan fingerprint density at radius 2 is 2.10 bits per heavy atom. The van der Waals surface area contributed by atoms with Crippen molar-refractivity contribution in [3.05, 3.63) is 39.5 Å². The third-order valence-corrected chi connectivity index (χ3v) is 5.87. The molecule has 1 aliphatic rings. The Hall–Kier alpha value is -2.87. The molecule has 0 aliphatic heterocycles. The van der Waals surface area contributed by atoms with Crippen molar-refractivity contribution >= 4 is 39.4 Å². The van der Waals surface area contributed by atoms with Gasteiger partial charge in [0.15, 0.2) is 0 Å². The first-order valence-electron chi connectivity index (χ1n) is 9.40. The first-order valence-corrected chi connectivity index (χ1v) is 10.2. The van der Waals surface area contributed by atoms with Crippen molar-refractivity contribution in [2.75, 3.05) is 17.7 Å². The van der Waals surface area contributed by atoms with Crippen LogP contribution in [-0.4, -0.2) is 29.1 Å². The smallest absolute Gasteiger partial charge is 0.417 e. The molecule has 164 valence electrons. The number of nitriles is 1. The van der Waals surface area contributed by atoms with Gasteiger partial charge in [-0.05, 0) is 54.2 Å². The maximum absolute atomic E-state index is 13.5. The number of methoxy groups -OCH3 is 1. The second-order valence-corrected chi connectivity index (χ2v) is 7.94. The molecule has 0 amide bonds. The predicted octanol–water partition coefficient (Wildman–Crippen LogP) is 5.20. The molecular weight excluding hydrogens is 479 g/mol. The first-order chi connectivity index (χ1) is 14.6. The van der Waals surface area contributed by atoms with Crippen molar-refractivity contribution in [3.8, 4) is 6.07 Å². The molecule has 1 aromatic carbocycles. The number of alkyl halides is 3. The number of ether oxygens (including phenoxy) is 1. The number of hydrogen-bond donors (Lipinski definition) is 2. The number of nitrogens with one attached hydrogen (secondary N) is 2. The topological polar surface area (TPSA) is 99.9 Å². The van der Waals surface area contributed by atoms with Gasteiger partial charge < -0.3 is 15.4 Å². The Labute approximate surface area is 185 Å². The molecule has 0 bridgehead atoms. The molecule has 0 radical (unpaired) electrons. The molecule has 1 heterocycles. The molecule has 1 aliphatic carbocycles. The number of aryl methyl sites for hydroxylation is 1. The van der Waals surface area contributed by atoms with E-state index in [0.29, 0.717) is 5.82 Å². The summed E-state index contributed by atoms with van der Waals surface area (Å²) in [5.74, 6) is -0.511. The van der Waals surface area contributed by atoms with Crippen LogP contribution in [0.5, 0.6) is 0 Å². The maximum Gasteiger partial charge on any atom is 0.417 e. The summed E-state index contributed by atoms with van der Waals surface area (Å²) in [5.41, 5.74) is -0.614. The largest absolute Gasteiger partial charge is 0.465 e. The van der Waals surface area contributed by atoms with Gasteiger partial charge in [0.05, 0.1) is 30.2 Å². The van der Waals surface area contributed by atoms with Gasteiger partial charge in [-0.2, -0.15) is 23.4 Å². The molecule has 2 N–H and O–H groups in total. The Morgan fingerprint density at radius 3 is 2.74 bits per heavy atom. The van der Waals surface area contributed by atoms with Crippen molar-refractivity contribution in [3.63, 3.8) is 0 Å². The second kappa shape index (κ2) is 9.09. The molecule has 0 saturated heterocycles. The highest BCUT2D eigenvalue weighted by atomic mass is 79.9. The highest BCUT2D eigenvalue weighted by molar-refractivity contribution is 9.10. The molecule has 2 unspecified atom stereocenters. The van der Waals surface area contributed by atoms with Gasteiger partial charge in [-0.1, -0.05) is 0 Å². The number of halogens is 4. The number of carbonyl (C=O) groups excluding carboxylic acids is 1. The predicted molar refractivity (Wildman–Crippen MR) is 111 cm³/mol. The number of benzene rings is 1. The van der Waals surface area contributed by atoms with Crippen molar-refractivity contribution < 1.29 is 22.7 Å². The van der Waals surface area contributed by atoms with Gasteiger partial charge in [0.2, 0.25) is 5.95 Å². The lowest BCUT2D eigenvalue weighted by Crippen LogP contribution is -2.24. The molecule has 31 heavy (non-hydrogen) atoms. The van der Waals surface area contributed by atoms with Crippen LogP contribution in [0.2, 0.25) is 0 Å². The molecule has 1 aromatic heterocycles. The van der Waals surface area contributed by atoms with E-state index in [0.717, 1.165) is 38.0 Å². The number of hydrogen-bond acceptors (Lipinski definition) is 7. The molecular formula is C20H19BrF3N5O2. The summed E-state index contributed by atoms with van der Waals surface area (Å²) in [7, 11) is 1.08. The van der Waals surface area contributed by atoms with Crippen LogP contribution < -0.4 is 10.6 Å². The summed E-state index contributed by atoms with van der Waals surface area (Å²) in [6.07, 6.45) is -0.610. The molecule has 2 aromatic rings. The Morgan fingerprint density at radius 1 is 1.35 bits per heavy atom. The summed E-state index contributed by atoms with van der Waals surface area (Å²) >= 11 is 2.84. The van der Waals surface area contributed by atoms with E-state index in [1.165, 1.54) is 12.3 Å². The zero-order valence-corrected chi connectivity index (χ0v) is 18.3. The number of anilines is 3. The van der Waals surface area contributed by atoms with Crippen LogP contribution in [0.3, 0.4) is 0 Å². The molecule has 0 spiro atoms. The summed E-state index contributed by atoms with van der Waals surface area (Å²) in [5, 5.41) is 15.2. The number of nitrogens with zero attached hydrogens (tertiary/aromatic N) is 3. The highest BCUT2D eigenvalue weighted by Crippen LogP contribution is 2.39. The molecule has 3 rings (SSSR count). The quantitative estimate of drug-likeness (QED) is 0.547. The molecule has 11 heteroatoms. The van der Waals surface area contributed by atoms with E-state index in [1.807, 2.05) is 0 Å². The van der Waals surface area contributed by atoms with Gasteiger partial charge in [-0.3, -0.25) is 0 Å². The number of aromatic nitrogens is 2. The molecule has 1 fully saturated rings. The van der Waals surface area contributed by atoms with E-state index in [1.54, 1.807) is 6.92 Å². The third kappa shape index (κ3) is 5.07. The van der Waals surface area contributed by atoms with E-state index < -0.39 is 22.2 Å². The van der Waals surface area contributed by atoms with Crippen LogP contribution in [0.25, 0.3) is 0 Å². The van der Waals surface area contributed by atoms with Gasteiger partial charge >= 0.3 is 12.1 Å². The second-order valence-electron chi connectivity index (χ2n) is 7.14. The van der Waals surface area contributed by atoms with E-state index in [-0.39, 0.29) is 29.2 Å². The SMILES string of the molecule is COC(=O)c1cc(Nc2ncc(C)c(NC3CCCC3C#N)n2)cc(C(F)(F)F)c1Br. The minimum Gasteiger partial charge on any atom is -0.465 e. The first kappa shape index (κ1) is 22.8. The highest BCUT2D eigenvalue weighted by Gasteiger charge is 2.35. The van der Waals surface area contributed by atoms with Gasteiger partial charge in [0.25, 0.3) is 0 Å². The van der Waals surface area contributed by atoms with Gasteiger partial charge in [0.1, 0.15) is 5.82 Å². The lowest BCUT2D eigenvalue weighted by atomic mass is 10.1. The molecule has 2 atom stereocenters. The van der Waals surface area contributed by atoms with Crippen molar-refractivity contribution in [1.82, 2.24) is 9.97 Å². The summed E-state index contributed by atoms with van der Waals surface area (Å²) in [6, 6.07) is 4.31. The van der Waals surface area contributed by atoms with Crippen molar-refractivity contribution in [2.45, 2.75) is 38.4 Å². The van der Waals surface area contributed by atoms with Crippen LogP contribution in [0.4, 0.5) is 30.6 Å². The van der Waals surface area contributed by atoms with Gasteiger partial charge in [-0.25, -0.2) is 9.78 Å². The standard InChI is InChI=1S/C20H19BrF3N5O2/c1-10-9-26-19(29-17(10)28-15-5-3-4-11(15)8-25)27-12-6-13(18(30)31-2)16(21)14(7-12)20(22,23)24/h6-7,9,11,15H,3-5H2,1-2H3,(H2,26,27,28,29). The molecule has 1 saturated carbocycles. The van der Waals surface area contributed by atoms with E-state index in [9.17, 15) is 23.2 Å². The van der Waals surface area contributed by atoms with Crippen LogP contribution in [-0.2, 0) is 10.9 Å². The van der Waals surface area contributed by atoms with Crippen LogP contribution in [0, 0.1) is 24.2 Å². The van der Waals surface area contributed by atoms with Crippen molar-refractivity contribution in [2.24, 2.45) is 5.92 Å². The summed E-state index contributed by atoms with van der Waals surface area (Å²) in [6.45, 7) is 1.79. The minimum atomic E-state index is -4.70. The van der Waals surface area contributed by atoms with Crippen LogP contribution in [0.15, 0.2) is 22.8 Å². The monoisotopic (exact) mass is 497 g/mol. The fraction of sp³-hybridized carbons (Fsp3) is 0.400. The average Bonchev–Trinajstić information content (AvgIpc) is 3.17. The lowest BCUT2D eigenvalue weighted by molar-refractivity contribution is -0.138. The number of carbonyl (C=O) groups is 1. The normalized spacial score (nSPS) is 18.4. The fourth-order valence-corrected chi connectivity index (χ4v) is 4.02. The van der Waals surface area contributed by atoms with Gasteiger partial charge in [0, 0.05) is 28.0 Å². The summed E-state index contributed by atoms with van der Waals surface area (Å²) in [4.78, 5) is 20.4. The zero-order valence-electron chi connectivity index (χ0n) is 16.7. The van der Waals surface area contributed by atoms with Crippen LogP contribution in [0.1, 0.15) is 40.7 Å². The Bertz CT molecular complexity index is 1040. The van der Waals surface area contributed by atoms with Crippen LogP contribution >= 0.6 is 15.9 Å². The van der Waals surface area contributed by atoms with Crippen molar-refractivity contribution in [1.29, 1.82) is 5.26 Å². The summed E-state index contributed by atoms with van der Waals surface area (Å²) < 4.78 is 44.5. The van der Waals surface area contributed by atoms with Gasteiger partial charge in [-0.15, -0.1) is 0 Å². The zero-order chi connectivity index (χ0) is 22.8. The maximum atomic E-state index is 13.5.